The zero-order chi connectivity index (χ0) is 13.7. The van der Waals surface area contributed by atoms with Gasteiger partial charge in [-0.2, -0.15) is 13.2 Å². The lowest BCUT2D eigenvalue weighted by molar-refractivity contribution is -0.139. The van der Waals surface area contributed by atoms with Crippen LogP contribution in [0.3, 0.4) is 0 Å². The number of aromatic nitrogens is 1. The van der Waals surface area contributed by atoms with E-state index in [-0.39, 0.29) is 17.0 Å². The molecule has 0 unspecified atom stereocenters. The average Bonchev–Trinajstić information content (AvgIpc) is 2.56. The van der Waals surface area contributed by atoms with Gasteiger partial charge in [0.15, 0.2) is 5.58 Å². The summed E-state index contributed by atoms with van der Waals surface area (Å²) in [4.78, 5) is 3.97. The lowest BCUT2D eigenvalue weighted by Crippen LogP contribution is -2.11. The van der Waals surface area contributed by atoms with E-state index >= 15 is 0 Å². The summed E-state index contributed by atoms with van der Waals surface area (Å²) in [5.74, 6) is -1.08. The van der Waals surface area contributed by atoms with Crippen molar-refractivity contribution in [3.63, 3.8) is 0 Å². The summed E-state index contributed by atoms with van der Waals surface area (Å²) in [6.07, 6.45) is -4.74. The van der Waals surface area contributed by atoms with Gasteiger partial charge in [-0.05, 0) is 6.07 Å². The highest BCUT2D eigenvalue weighted by molar-refractivity contribution is 5.74. The third-order valence-electron chi connectivity index (χ3n) is 2.42. The summed E-state index contributed by atoms with van der Waals surface area (Å²) in [7, 11) is 0. The zero-order valence-electron chi connectivity index (χ0n) is 10.0. The highest BCUT2D eigenvalue weighted by Crippen LogP contribution is 2.35. The maximum absolute atomic E-state index is 13.3. The van der Waals surface area contributed by atoms with Gasteiger partial charge < -0.3 is 4.42 Å². The number of rotatable bonds is 0. The van der Waals surface area contributed by atoms with Gasteiger partial charge in [-0.3, -0.25) is 0 Å². The predicted octanol–water partition coefficient (Wildman–Crippen LogP) is 4.28. The smallest absolute Gasteiger partial charge is 0.419 e. The molecule has 98 valence electrons. The highest BCUT2D eigenvalue weighted by Gasteiger charge is 2.35. The lowest BCUT2D eigenvalue weighted by Gasteiger charge is -2.11. The molecule has 0 bridgehead atoms. The Morgan fingerprint density at radius 3 is 2.22 bits per heavy atom. The van der Waals surface area contributed by atoms with Gasteiger partial charge in [0.1, 0.15) is 11.3 Å². The van der Waals surface area contributed by atoms with E-state index in [9.17, 15) is 17.6 Å². The topological polar surface area (TPSA) is 26.0 Å². The molecular formula is C12H11F4NO. The predicted molar refractivity (Wildman–Crippen MR) is 57.7 cm³/mol. The van der Waals surface area contributed by atoms with Gasteiger partial charge >= 0.3 is 6.18 Å². The number of benzene rings is 1. The third-order valence-corrected chi connectivity index (χ3v) is 2.42. The van der Waals surface area contributed by atoms with Crippen LogP contribution in [0.4, 0.5) is 17.6 Å². The Labute approximate surface area is 101 Å². The van der Waals surface area contributed by atoms with Crippen LogP contribution in [0.15, 0.2) is 16.5 Å². The molecule has 1 aromatic heterocycles. The fourth-order valence-electron chi connectivity index (χ4n) is 1.49. The molecule has 2 rings (SSSR count). The Morgan fingerprint density at radius 1 is 1.11 bits per heavy atom. The van der Waals surface area contributed by atoms with Crippen LogP contribution in [0.25, 0.3) is 11.1 Å². The van der Waals surface area contributed by atoms with Gasteiger partial charge in [0, 0.05) is 11.5 Å². The maximum Gasteiger partial charge on any atom is 0.419 e. The summed E-state index contributed by atoms with van der Waals surface area (Å²) in [5, 5.41) is 0. The minimum Gasteiger partial charge on any atom is -0.440 e. The maximum atomic E-state index is 13.3. The van der Waals surface area contributed by atoms with E-state index in [2.05, 4.69) is 4.98 Å². The first kappa shape index (κ1) is 12.9. The molecular weight excluding hydrogens is 250 g/mol. The molecule has 1 aromatic carbocycles. The second-order valence-electron chi connectivity index (χ2n) is 5.07. The minimum absolute atomic E-state index is 0.00801. The van der Waals surface area contributed by atoms with Gasteiger partial charge in [-0.25, -0.2) is 9.37 Å². The van der Waals surface area contributed by atoms with Crippen molar-refractivity contribution in [2.45, 2.75) is 32.4 Å². The van der Waals surface area contributed by atoms with E-state index in [1.807, 2.05) is 0 Å². The van der Waals surface area contributed by atoms with Crippen molar-refractivity contribution in [2.24, 2.45) is 0 Å². The zero-order valence-corrected chi connectivity index (χ0v) is 10.0. The van der Waals surface area contributed by atoms with Crippen LogP contribution >= 0.6 is 0 Å². The van der Waals surface area contributed by atoms with E-state index in [0.29, 0.717) is 6.07 Å². The normalized spacial score (nSPS) is 13.3. The standard InChI is InChI=1S/C12H11F4NO/c1-11(2,3)10-17-8-4-6(12(14,15)16)7(13)5-9(8)18-10/h4-5H,1-3H3. The fourth-order valence-corrected chi connectivity index (χ4v) is 1.49. The molecule has 0 fully saturated rings. The number of fused-ring (bicyclic) bond motifs is 1. The average molecular weight is 261 g/mol. The lowest BCUT2D eigenvalue weighted by atomic mass is 9.97. The quantitative estimate of drug-likeness (QED) is 0.661. The van der Waals surface area contributed by atoms with Crippen molar-refractivity contribution in [3.8, 4) is 0 Å². The van der Waals surface area contributed by atoms with Gasteiger partial charge in [0.05, 0.1) is 5.56 Å². The molecule has 0 aliphatic rings. The summed E-state index contributed by atoms with van der Waals surface area (Å²) < 4.78 is 56.1. The molecule has 0 spiro atoms. The Hall–Kier alpha value is -1.59. The summed E-state index contributed by atoms with van der Waals surface area (Å²) in [6, 6.07) is 1.39. The molecule has 0 aliphatic heterocycles. The largest absolute Gasteiger partial charge is 0.440 e. The molecule has 0 saturated heterocycles. The summed E-state index contributed by atoms with van der Waals surface area (Å²) in [5.41, 5.74) is -1.75. The van der Waals surface area contributed by atoms with Crippen molar-refractivity contribution < 1.29 is 22.0 Å². The number of hydrogen-bond acceptors (Lipinski definition) is 2. The molecule has 6 heteroatoms. The van der Waals surface area contributed by atoms with Crippen LogP contribution in [-0.2, 0) is 11.6 Å². The monoisotopic (exact) mass is 261 g/mol. The molecule has 0 atom stereocenters. The molecule has 0 amide bonds. The SMILES string of the molecule is CC(C)(C)c1nc2cc(C(F)(F)F)c(F)cc2o1. The number of oxazole rings is 1. The fraction of sp³-hybridized carbons (Fsp3) is 0.417. The van der Waals surface area contributed by atoms with Crippen LogP contribution in [-0.4, -0.2) is 4.98 Å². The van der Waals surface area contributed by atoms with Crippen LogP contribution in [0.2, 0.25) is 0 Å². The van der Waals surface area contributed by atoms with E-state index in [1.54, 1.807) is 20.8 Å². The Kier molecular flexibility index (Phi) is 2.64. The molecule has 2 nitrogen and oxygen atoms in total. The number of halogens is 4. The van der Waals surface area contributed by atoms with Gasteiger partial charge in [-0.1, -0.05) is 20.8 Å². The van der Waals surface area contributed by atoms with Crippen LogP contribution in [0.5, 0.6) is 0 Å². The number of alkyl halides is 3. The van der Waals surface area contributed by atoms with E-state index in [0.717, 1.165) is 6.07 Å². The molecule has 0 radical (unpaired) electrons. The van der Waals surface area contributed by atoms with Crippen molar-refractivity contribution in [2.75, 3.05) is 0 Å². The third kappa shape index (κ3) is 2.19. The summed E-state index contributed by atoms with van der Waals surface area (Å²) in [6.45, 7) is 5.41. The minimum atomic E-state index is -4.74. The summed E-state index contributed by atoms with van der Waals surface area (Å²) >= 11 is 0. The first-order valence-corrected chi connectivity index (χ1v) is 5.27. The second kappa shape index (κ2) is 3.70. The van der Waals surface area contributed by atoms with Crippen LogP contribution < -0.4 is 0 Å². The molecule has 0 saturated carbocycles. The van der Waals surface area contributed by atoms with E-state index in [4.69, 9.17) is 4.42 Å². The molecule has 0 aliphatic carbocycles. The van der Waals surface area contributed by atoms with E-state index in [1.165, 1.54) is 0 Å². The first-order valence-electron chi connectivity index (χ1n) is 5.27. The Bertz CT molecular complexity index is 592. The Morgan fingerprint density at radius 2 is 1.72 bits per heavy atom. The first-order chi connectivity index (χ1) is 8.09. The van der Waals surface area contributed by atoms with Gasteiger partial charge in [0.25, 0.3) is 0 Å². The van der Waals surface area contributed by atoms with Crippen molar-refractivity contribution in [1.29, 1.82) is 0 Å². The molecule has 2 aromatic rings. The molecule has 0 N–H and O–H groups in total. The van der Waals surface area contributed by atoms with Crippen molar-refractivity contribution in [3.05, 3.63) is 29.4 Å². The Balaban J connectivity index is 2.65. The highest BCUT2D eigenvalue weighted by atomic mass is 19.4. The molecule has 18 heavy (non-hydrogen) atoms. The van der Waals surface area contributed by atoms with Crippen molar-refractivity contribution in [1.82, 2.24) is 4.98 Å². The second-order valence-corrected chi connectivity index (χ2v) is 5.07. The molecule has 1 heterocycles. The van der Waals surface area contributed by atoms with Crippen molar-refractivity contribution >= 4 is 11.1 Å². The van der Waals surface area contributed by atoms with Crippen LogP contribution in [0.1, 0.15) is 32.2 Å². The van der Waals surface area contributed by atoms with Gasteiger partial charge in [0.2, 0.25) is 5.89 Å². The van der Waals surface area contributed by atoms with Crippen LogP contribution in [0, 0.1) is 5.82 Å². The van der Waals surface area contributed by atoms with Gasteiger partial charge in [-0.15, -0.1) is 0 Å². The van der Waals surface area contributed by atoms with E-state index < -0.39 is 23.0 Å². The number of nitrogens with zero attached hydrogens (tertiary/aromatic N) is 1. The number of hydrogen-bond donors (Lipinski definition) is 0.